The molecule has 23 heavy (non-hydrogen) atoms. The highest BCUT2D eigenvalue weighted by molar-refractivity contribution is 6.07. The third kappa shape index (κ3) is 3.07. The molecule has 1 aromatic carbocycles. The van der Waals surface area contributed by atoms with E-state index in [0.717, 1.165) is 10.9 Å². The van der Waals surface area contributed by atoms with Gasteiger partial charge >= 0.3 is 5.97 Å². The molecule has 0 atom stereocenters. The molecular weight excluding hydrogens is 296 g/mol. The Bertz CT molecular complexity index is 731. The molecule has 1 aliphatic heterocycles. The standard InChI is InChI=1S/C17H20N2O4/c1-18-8-5-13-14(3-2-4-15(13)18)17(22)19(11-16(20)21)12-6-9-23-10-7-12/h2-5,8,12H,6-7,9-11H2,1H3,(H,20,21). The summed E-state index contributed by atoms with van der Waals surface area (Å²) in [5, 5.41) is 10.0. The fraction of sp³-hybridized carbons (Fsp3) is 0.412. The first-order valence-corrected chi connectivity index (χ1v) is 7.72. The summed E-state index contributed by atoms with van der Waals surface area (Å²) in [5.41, 5.74) is 1.51. The van der Waals surface area contributed by atoms with Gasteiger partial charge in [-0.1, -0.05) is 6.07 Å². The predicted molar refractivity (Wildman–Crippen MR) is 85.4 cm³/mol. The lowest BCUT2D eigenvalue weighted by molar-refractivity contribution is -0.138. The predicted octanol–water partition coefficient (Wildman–Crippen LogP) is 1.88. The van der Waals surface area contributed by atoms with Gasteiger partial charge in [-0.3, -0.25) is 9.59 Å². The van der Waals surface area contributed by atoms with Crippen LogP contribution in [0.25, 0.3) is 10.9 Å². The van der Waals surface area contributed by atoms with Crippen molar-refractivity contribution in [3.63, 3.8) is 0 Å². The lowest BCUT2D eigenvalue weighted by Gasteiger charge is -2.33. The number of hydrogen-bond acceptors (Lipinski definition) is 3. The molecule has 1 saturated heterocycles. The Morgan fingerprint density at radius 1 is 1.30 bits per heavy atom. The molecule has 0 radical (unpaired) electrons. The zero-order chi connectivity index (χ0) is 16.4. The SMILES string of the molecule is Cn1ccc2c(C(=O)N(CC(=O)O)C3CCOCC3)cccc21. The van der Waals surface area contributed by atoms with Gasteiger partial charge in [0.2, 0.25) is 0 Å². The molecule has 0 spiro atoms. The maximum absolute atomic E-state index is 13.0. The summed E-state index contributed by atoms with van der Waals surface area (Å²) >= 11 is 0. The monoisotopic (exact) mass is 316 g/mol. The van der Waals surface area contributed by atoms with Crippen molar-refractivity contribution in [3.05, 3.63) is 36.0 Å². The topological polar surface area (TPSA) is 71.8 Å². The van der Waals surface area contributed by atoms with Gasteiger partial charge in [0, 0.05) is 49.0 Å². The Hall–Kier alpha value is -2.34. The highest BCUT2D eigenvalue weighted by Crippen LogP contribution is 2.23. The van der Waals surface area contributed by atoms with Crippen LogP contribution in [-0.4, -0.2) is 52.3 Å². The highest BCUT2D eigenvalue weighted by atomic mass is 16.5. The average Bonchev–Trinajstić information content (AvgIpc) is 2.94. The van der Waals surface area contributed by atoms with Crippen LogP contribution < -0.4 is 0 Å². The van der Waals surface area contributed by atoms with Crippen molar-refractivity contribution in [1.82, 2.24) is 9.47 Å². The number of carboxylic acids is 1. The van der Waals surface area contributed by atoms with E-state index < -0.39 is 5.97 Å². The van der Waals surface area contributed by atoms with E-state index in [1.54, 1.807) is 6.07 Å². The number of ether oxygens (including phenoxy) is 1. The smallest absolute Gasteiger partial charge is 0.323 e. The van der Waals surface area contributed by atoms with Crippen molar-refractivity contribution in [3.8, 4) is 0 Å². The van der Waals surface area contributed by atoms with Crippen LogP contribution >= 0.6 is 0 Å². The van der Waals surface area contributed by atoms with Gasteiger partial charge in [0.15, 0.2) is 0 Å². The number of aryl methyl sites for hydroxylation is 1. The van der Waals surface area contributed by atoms with Crippen LogP contribution in [0, 0.1) is 0 Å². The Morgan fingerprint density at radius 2 is 2.04 bits per heavy atom. The normalized spacial score (nSPS) is 15.7. The van der Waals surface area contributed by atoms with Crippen molar-refractivity contribution >= 4 is 22.8 Å². The molecule has 2 aromatic rings. The molecular formula is C17H20N2O4. The average molecular weight is 316 g/mol. The second-order valence-corrected chi connectivity index (χ2v) is 5.84. The van der Waals surface area contributed by atoms with Crippen molar-refractivity contribution in [1.29, 1.82) is 0 Å². The summed E-state index contributed by atoms with van der Waals surface area (Å²) in [6, 6.07) is 7.34. The molecule has 1 aliphatic rings. The molecule has 0 aliphatic carbocycles. The molecule has 3 rings (SSSR count). The van der Waals surface area contributed by atoms with Crippen LogP contribution in [0.5, 0.6) is 0 Å². The molecule has 0 unspecified atom stereocenters. The Balaban J connectivity index is 1.97. The van der Waals surface area contributed by atoms with E-state index in [0.29, 0.717) is 31.6 Å². The Kier molecular flexibility index (Phi) is 4.34. The first-order chi connectivity index (χ1) is 11.1. The summed E-state index contributed by atoms with van der Waals surface area (Å²) in [6.07, 6.45) is 3.24. The van der Waals surface area contributed by atoms with Gasteiger partial charge in [0.1, 0.15) is 6.54 Å². The molecule has 0 bridgehead atoms. The second kappa shape index (κ2) is 6.42. The molecule has 1 amide bonds. The van der Waals surface area contributed by atoms with Gasteiger partial charge in [-0.2, -0.15) is 0 Å². The van der Waals surface area contributed by atoms with Gasteiger partial charge in [-0.25, -0.2) is 0 Å². The van der Waals surface area contributed by atoms with E-state index >= 15 is 0 Å². The lowest BCUT2D eigenvalue weighted by Crippen LogP contribution is -2.46. The number of rotatable bonds is 4. The van der Waals surface area contributed by atoms with Gasteiger partial charge in [0.25, 0.3) is 5.91 Å². The molecule has 1 fully saturated rings. The number of benzene rings is 1. The number of aliphatic carboxylic acids is 1. The zero-order valence-electron chi connectivity index (χ0n) is 13.1. The maximum Gasteiger partial charge on any atom is 0.323 e. The minimum Gasteiger partial charge on any atom is -0.480 e. The minimum absolute atomic E-state index is 0.0914. The van der Waals surface area contributed by atoms with Crippen molar-refractivity contribution in [2.45, 2.75) is 18.9 Å². The molecule has 122 valence electrons. The van der Waals surface area contributed by atoms with Crippen molar-refractivity contribution in [2.75, 3.05) is 19.8 Å². The molecule has 6 nitrogen and oxygen atoms in total. The van der Waals surface area contributed by atoms with E-state index in [2.05, 4.69) is 0 Å². The third-order valence-corrected chi connectivity index (χ3v) is 4.36. The number of hydrogen-bond donors (Lipinski definition) is 1. The number of carboxylic acid groups (broad SMARTS) is 1. The molecule has 0 saturated carbocycles. The van der Waals surface area contributed by atoms with Crippen LogP contribution in [0.2, 0.25) is 0 Å². The van der Waals surface area contributed by atoms with Crippen molar-refractivity contribution < 1.29 is 19.4 Å². The van der Waals surface area contributed by atoms with Gasteiger partial charge < -0.3 is 19.3 Å². The van der Waals surface area contributed by atoms with Crippen LogP contribution in [0.15, 0.2) is 30.5 Å². The number of carbonyl (C=O) groups is 2. The van der Waals surface area contributed by atoms with E-state index in [-0.39, 0.29) is 18.5 Å². The first-order valence-electron chi connectivity index (χ1n) is 7.72. The number of amides is 1. The van der Waals surface area contributed by atoms with Crippen LogP contribution in [0.1, 0.15) is 23.2 Å². The van der Waals surface area contributed by atoms with Crippen molar-refractivity contribution in [2.24, 2.45) is 7.05 Å². The van der Waals surface area contributed by atoms with Gasteiger partial charge in [-0.05, 0) is 31.0 Å². The quantitative estimate of drug-likeness (QED) is 0.935. The summed E-state index contributed by atoms with van der Waals surface area (Å²) < 4.78 is 7.27. The highest BCUT2D eigenvalue weighted by Gasteiger charge is 2.29. The summed E-state index contributed by atoms with van der Waals surface area (Å²) in [7, 11) is 1.92. The fourth-order valence-electron chi connectivity index (χ4n) is 3.15. The number of carbonyl (C=O) groups excluding carboxylic acids is 1. The van der Waals surface area contributed by atoms with Gasteiger partial charge in [-0.15, -0.1) is 0 Å². The minimum atomic E-state index is -0.995. The van der Waals surface area contributed by atoms with Crippen LogP contribution in [-0.2, 0) is 16.6 Å². The summed E-state index contributed by atoms with van der Waals surface area (Å²) in [6.45, 7) is 0.833. The summed E-state index contributed by atoms with van der Waals surface area (Å²) in [5.74, 6) is -1.22. The fourth-order valence-corrected chi connectivity index (χ4v) is 3.15. The third-order valence-electron chi connectivity index (χ3n) is 4.36. The second-order valence-electron chi connectivity index (χ2n) is 5.84. The largest absolute Gasteiger partial charge is 0.480 e. The zero-order valence-corrected chi connectivity index (χ0v) is 13.1. The van der Waals surface area contributed by atoms with E-state index in [4.69, 9.17) is 4.74 Å². The van der Waals surface area contributed by atoms with Crippen LogP contribution in [0.4, 0.5) is 0 Å². The number of aromatic nitrogens is 1. The molecule has 1 aromatic heterocycles. The van der Waals surface area contributed by atoms with E-state index in [1.165, 1.54) is 4.90 Å². The first kappa shape index (κ1) is 15.6. The molecule has 2 heterocycles. The Labute approximate surface area is 134 Å². The number of nitrogens with zero attached hydrogens (tertiary/aromatic N) is 2. The molecule has 1 N–H and O–H groups in total. The summed E-state index contributed by atoms with van der Waals surface area (Å²) in [4.78, 5) is 25.7. The maximum atomic E-state index is 13.0. The lowest BCUT2D eigenvalue weighted by atomic mass is 10.0. The molecule has 6 heteroatoms. The Morgan fingerprint density at radius 3 is 2.74 bits per heavy atom. The van der Waals surface area contributed by atoms with E-state index in [1.807, 2.05) is 36.0 Å². The number of fused-ring (bicyclic) bond motifs is 1. The van der Waals surface area contributed by atoms with E-state index in [9.17, 15) is 14.7 Å². The van der Waals surface area contributed by atoms with Crippen LogP contribution in [0.3, 0.4) is 0 Å². The van der Waals surface area contributed by atoms with Gasteiger partial charge in [0.05, 0.1) is 0 Å².